The SMILES string of the molecule is C[C@@H]1CCCC[C@@H]1OCCN(Cc1cccs1)[C@H]1CCS(=O)(=O)C1. The molecule has 1 aromatic rings. The molecule has 4 nitrogen and oxygen atoms in total. The molecule has 1 aliphatic carbocycles. The average molecular weight is 372 g/mol. The monoisotopic (exact) mass is 371 g/mol. The first-order valence-corrected chi connectivity index (χ1v) is 11.8. The predicted octanol–water partition coefficient (Wildman–Crippen LogP) is 3.33. The molecule has 3 atom stereocenters. The molecule has 0 radical (unpaired) electrons. The second-order valence-corrected chi connectivity index (χ2v) is 10.5. The first kappa shape index (κ1) is 18.4. The summed E-state index contributed by atoms with van der Waals surface area (Å²) in [5.74, 6) is 1.29. The lowest BCUT2D eigenvalue weighted by molar-refractivity contribution is -0.0177. The molecule has 0 aromatic carbocycles. The second kappa shape index (κ2) is 8.30. The van der Waals surface area contributed by atoms with E-state index in [2.05, 4.69) is 29.3 Å². The number of ether oxygens (including phenoxy) is 1. The normalized spacial score (nSPS) is 30.0. The van der Waals surface area contributed by atoms with E-state index in [0.29, 0.717) is 30.1 Å². The minimum absolute atomic E-state index is 0.143. The Hall–Kier alpha value is -0.430. The van der Waals surface area contributed by atoms with E-state index in [4.69, 9.17) is 4.74 Å². The largest absolute Gasteiger partial charge is 0.377 e. The Bertz CT molecular complexity index is 600. The summed E-state index contributed by atoms with van der Waals surface area (Å²) in [6.45, 7) is 4.65. The van der Waals surface area contributed by atoms with Crippen molar-refractivity contribution in [1.82, 2.24) is 4.90 Å². The van der Waals surface area contributed by atoms with Crippen LogP contribution in [0.5, 0.6) is 0 Å². The molecule has 1 aromatic heterocycles. The molecule has 0 bridgehead atoms. The molecule has 0 unspecified atom stereocenters. The van der Waals surface area contributed by atoms with Crippen molar-refractivity contribution in [2.45, 2.75) is 57.7 Å². The van der Waals surface area contributed by atoms with Gasteiger partial charge in [-0.1, -0.05) is 25.8 Å². The first-order valence-electron chi connectivity index (χ1n) is 9.12. The molecule has 2 heterocycles. The van der Waals surface area contributed by atoms with Crippen molar-refractivity contribution >= 4 is 21.2 Å². The summed E-state index contributed by atoms with van der Waals surface area (Å²) in [4.78, 5) is 3.62. The van der Waals surface area contributed by atoms with E-state index in [0.717, 1.165) is 19.5 Å². The van der Waals surface area contributed by atoms with Gasteiger partial charge in [0.15, 0.2) is 9.84 Å². The van der Waals surface area contributed by atoms with E-state index in [-0.39, 0.29) is 6.04 Å². The third-order valence-corrected chi connectivity index (χ3v) is 8.02. The fraction of sp³-hybridized carbons (Fsp3) is 0.778. The molecule has 2 aliphatic rings. The van der Waals surface area contributed by atoms with Crippen molar-refractivity contribution in [3.63, 3.8) is 0 Å². The van der Waals surface area contributed by atoms with E-state index >= 15 is 0 Å². The quantitative estimate of drug-likeness (QED) is 0.737. The van der Waals surface area contributed by atoms with Crippen molar-refractivity contribution in [3.05, 3.63) is 22.4 Å². The van der Waals surface area contributed by atoms with Gasteiger partial charge < -0.3 is 4.74 Å². The summed E-state index contributed by atoms with van der Waals surface area (Å²) in [5, 5.41) is 2.08. The van der Waals surface area contributed by atoms with E-state index in [1.807, 2.05) is 0 Å². The number of nitrogens with zero attached hydrogens (tertiary/aromatic N) is 1. The fourth-order valence-electron chi connectivity index (χ4n) is 3.91. The van der Waals surface area contributed by atoms with Crippen LogP contribution in [0.4, 0.5) is 0 Å². The smallest absolute Gasteiger partial charge is 0.151 e. The van der Waals surface area contributed by atoms with Crippen LogP contribution in [0.25, 0.3) is 0 Å². The molecule has 3 rings (SSSR count). The fourth-order valence-corrected chi connectivity index (χ4v) is 6.40. The van der Waals surface area contributed by atoms with Gasteiger partial charge in [0.25, 0.3) is 0 Å². The van der Waals surface area contributed by atoms with Crippen molar-refractivity contribution in [1.29, 1.82) is 0 Å². The molecule has 24 heavy (non-hydrogen) atoms. The Kier molecular flexibility index (Phi) is 6.35. The molecule has 1 saturated carbocycles. The Labute approximate surface area is 150 Å². The highest BCUT2D eigenvalue weighted by atomic mass is 32.2. The zero-order chi connectivity index (χ0) is 17.0. The maximum atomic E-state index is 11.9. The maximum Gasteiger partial charge on any atom is 0.151 e. The molecular weight excluding hydrogens is 342 g/mol. The van der Waals surface area contributed by atoms with E-state index in [9.17, 15) is 8.42 Å². The van der Waals surface area contributed by atoms with Crippen LogP contribution < -0.4 is 0 Å². The zero-order valence-electron chi connectivity index (χ0n) is 14.5. The number of rotatable bonds is 7. The van der Waals surface area contributed by atoms with Crippen LogP contribution >= 0.6 is 11.3 Å². The third-order valence-electron chi connectivity index (χ3n) is 5.41. The van der Waals surface area contributed by atoms with Gasteiger partial charge in [0.05, 0.1) is 24.2 Å². The minimum atomic E-state index is -2.85. The summed E-state index contributed by atoms with van der Waals surface area (Å²) in [6, 6.07) is 4.33. The number of hydrogen-bond donors (Lipinski definition) is 0. The van der Waals surface area contributed by atoms with Gasteiger partial charge in [0.2, 0.25) is 0 Å². The van der Waals surface area contributed by atoms with Gasteiger partial charge in [-0.25, -0.2) is 8.42 Å². The van der Waals surface area contributed by atoms with Crippen LogP contribution in [0.1, 0.15) is 43.9 Å². The molecule has 2 fully saturated rings. The number of hydrogen-bond acceptors (Lipinski definition) is 5. The second-order valence-electron chi connectivity index (χ2n) is 7.28. The standard InChI is InChI=1S/C18H29NO3S2/c1-15-5-2-3-7-18(15)22-10-9-19(13-17-6-4-11-23-17)16-8-12-24(20,21)14-16/h4,6,11,15-16,18H,2-3,5,7-10,12-14H2,1H3/t15-,16+,18+/m1/s1. The van der Waals surface area contributed by atoms with Crippen molar-refractivity contribution in [3.8, 4) is 0 Å². The third kappa shape index (κ3) is 5.04. The molecular formula is C18H29NO3S2. The Balaban J connectivity index is 1.55. The molecule has 136 valence electrons. The summed E-state index contributed by atoms with van der Waals surface area (Å²) >= 11 is 1.74. The molecule has 0 amide bonds. The first-order chi connectivity index (χ1) is 11.5. The lowest BCUT2D eigenvalue weighted by atomic mass is 9.88. The van der Waals surface area contributed by atoms with Crippen molar-refractivity contribution in [2.24, 2.45) is 5.92 Å². The van der Waals surface area contributed by atoms with Crippen LogP contribution in [-0.2, 0) is 21.1 Å². The van der Waals surface area contributed by atoms with Gasteiger partial charge in [0, 0.05) is 24.0 Å². The highest BCUT2D eigenvalue weighted by molar-refractivity contribution is 7.91. The summed E-state index contributed by atoms with van der Waals surface area (Å²) in [6.07, 6.45) is 6.18. The maximum absolute atomic E-state index is 11.9. The zero-order valence-corrected chi connectivity index (χ0v) is 16.2. The van der Waals surface area contributed by atoms with Gasteiger partial charge in [0.1, 0.15) is 0 Å². The summed E-state index contributed by atoms with van der Waals surface area (Å²) in [7, 11) is -2.85. The topological polar surface area (TPSA) is 46.6 Å². The molecule has 1 aliphatic heterocycles. The Morgan fingerprint density at radius 1 is 1.29 bits per heavy atom. The van der Waals surface area contributed by atoms with Gasteiger partial charge in [-0.15, -0.1) is 11.3 Å². The predicted molar refractivity (Wildman–Crippen MR) is 99.2 cm³/mol. The molecule has 0 N–H and O–H groups in total. The van der Waals surface area contributed by atoms with Crippen molar-refractivity contribution < 1.29 is 13.2 Å². The lowest BCUT2D eigenvalue weighted by Crippen LogP contribution is -2.39. The highest BCUT2D eigenvalue weighted by Crippen LogP contribution is 2.27. The number of thiophene rings is 1. The van der Waals surface area contributed by atoms with E-state index in [1.54, 1.807) is 11.3 Å². The van der Waals surface area contributed by atoms with Gasteiger partial charge in [-0.3, -0.25) is 4.90 Å². The molecule has 0 spiro atoms. The molecule has 6 heteroatoms. The van der Waals surface area contributed by atoms with Crippen molar-refractivity contribution in [2.75, 3.05) is 24.7 Å². The van der Waals surface area contributed by atoms with Crippen LogP contribution in [0.15, 0.2) is 17.5 Å². The lowest BCUT2D eigenvalue weighted by Gasteiger charge is -2.31. The highest BCUT2D eigenvalue weighted by Gasteiger charge is 2.32. The summed E-state index contributed by atoms with van der Waals surface area (Å²) in [5.41, 5.74) is 0. The van der Waals surface area contributed by atoms with Crippen LogP contribution in [-0.4, -0.2) is 50.1 Å². The van der Waals surface area contributed by atoms with E-state index < -0.39 is 9.84 Å². The average Bonchev–Trinajstić information content (AvgIpc) is 3.17. The Morgan fingerprint density at radius 2 is 2.12 bits per heavy atom. The Morgan fingerprint density at radius 3 is 2.79 bits per heavy atom. The van der Waals surface area contributed by atoms with Crippen LogP contribution in [0.3, 0.4) is 0 Å². The van der Waals surface area contributed by atoms with Gasteiger partial charge >= 0.3 is 0 Å². The van der Waals surface area contributed by atoms with E-state index in [1.165, 1.54) is 30.6 Å². The van der Waals surface area contributed by atoms with Gasteiger partial charge in [-0.05, 0) is 36.6 Å². The minimum Gasteiger partial charge on any atom is -0.377 e. The van der Waals surface area contributed by atoms with Crippen LogP contribution in [0.2, 0.25) is 0 Å². The number of sulfone groups is 1. The van der Waals surface area contributed by atoms with Crippen LogP contribution in [0, 0.1) is 5.92 Å². The summed E-state index contributed by atoms with van der Waals surface area (Å²) < 4.78 is 29.9. The van der Waals surface area contributed by atoms with Gasteiger partial charge in [-0.2, -0.15) is 0 Å². The molecule has 1 saturated heterocycles.